The van der Waals surface area contributed by atoms with Gasteiger partial charge in [-0.3, -0.25) is 0 Å². The Kier molecular flexibility index (Phi) is 3.61. The van der Waals surface area contributed by atoms with Gasteiger partial charge in [0.25, 0.3) is 0 Å². The lowest BCUT2D eigenvalue weighted by molar-refractivity contribution is 0.387. The molecule has 0 aromatic carbocycles. The molecular formula is C11H15N5O2. The first kappa shape index (κ1) is 12.2. The lowest BCUT2D eigenvalue weighted by Crippen LogP contribution is -2.08. The Morgan fingerprint density at radius 1 is 1.39 bits per heavy atom. The zero-order valence-electron chi connectivity index (χ0n) is 10.3. The van der Waals surface area contributed by atoms with Crippen molar-refractivity contribution in [3.05, 3.63) is 23.8 Å². The van der Waals surface area contributed by atoms with Gasteiger partial charge in [-0.25, -0.2) is 0 Å². The predicted octanol–water partition coefficient (Wildman–Crippen LogP) is 1.02. The number of anilines is 2. The van der Waals surface area contributed by atoms with Crippen LogP contribution in [0.15, 0.2) is 16.7 Å². The molecule has 2 rings (SSSR count). The highest BCUT2D eigenvalue weighted by Gasteiger charge is 2.04. The van der Waals surface area contributed by atoms with E-state index < -0.39 is 0 Å². The highest BCUT2D eigenvalue weighted by Crippen LogP contribution is 2.19. The summed E-state index contributed by atoms with van der Waals surface area (Å²) in [4.78, 5) is 8.31. The topological polar surface area (TPSA) is 99.1 Å². The van der Waals surface area contributed by atoms with E-state index in [4.69, 9.17) is 15.0 Å². The molecule has 0 bridgehead atoms. The van der Waals surface area contributed by atoms with Gasteiger partial charge in [0.05, 0.1) is 12.8 Å². The van der Waals surface area contributed by atoms with Crippen LogP contribution in [0.4, 0.5) is 11.5 Å². The largest absolute Gasteiger partial charge is 0.479 e. The molecule has 0 aliphatic rings. The minimum Gasteiger partial charge on any atom is -0.479 e. The summed E-state index contributed by atoms with van der Waals surface area (Å²) < 4.78 is 9.92. The third-order valence-electron chi connectivity index (χ3n) is 2.31. The second-order valence-electron chi connectivity index (χ2n) is 3.70. The number of methoxy groups -OCH3 is 1. The van der Waals surface area contributed by atoms with E-state index in [2.05, 4.69) is 20.4 Å². The van der Waals surface area contributed by atoms with Crippen molar-refractivity contribution in [2.24, 2.45) is 0 Å². The van der Waals surface area contributed by atoms with Crippen LogP contribution in [0.2, 0.25) is 0 Å². The highest BCUT2D eigenvalue weighted by atomic mass is 16.5. The first-order valence-electron chi connectivity index (χ1n) is 5.52. The Morgan fingerprint density at radius 2 is 2.22 bits per heavy atom. The van der Waals surface area contributed by atoms with Crippen molar-refractivity contribution in [1.82, 2.24) is 15.1 Å². The quantitative estimate of drug-likeness (QED) is 0.816. The van der Waals surface area contributed by atoms with Crippen LogP contribution in [-0.2, 0) is 6.42 Å². The van der Waals surface area contributed by atoms with Crippen molar-refractivity contribution in [2.45, 2.75) is 13.3 Å². The molecule has 18 heavy (non-hydrogen) atoms. The van der Waals surface area contributed by atoms with Gasteiger partial charge in [0.1, 0.15) is 5.82 Å². The summed E-state index contributed by atoms with van der Waals surface area (Å²) >= 11 is 0. The van der Waals surface area contributed by atoms with Gasteiger partial charge in [0.15, 0.2) is 5.82 Å². The molecular weight excluding hydrogens is 234 g/mol. The fourth-order valence-corrected chi connectivity index (χ4v) is 1.46. The zero-order chi connectivity index (χ0) is 13.0. The Morgan fingerprint density at radius 3 is 2.89 bits per heavy atom. The number of rotatable bonds is 5. The number of pyridine rings is 1. The summed E-state index contributed by atoms with van der Waals surface area (Å²) in [5.41, 5.74) is 6.19. The number of nitrogen functional groups attached to an aromatic ring is 1. The Hall–Kier alpha value is -2.31. The van der Waals surface area contributed by atoms with E-state index in [0.29, 0.717) is 42.1 Å². The lowest BCUT2D eigenvalue weighted by Gasteiger charge is -2.07. The summed E-state index contributed by atoms with van der Waals surface area (Å²) in [5.74, 6) is 2.34. The average Bonchev–Trinajstić information content (AvgIpc) is 2.77. The third-order valence-corrected chi connectivity index (χ3v) is 2.31. The number of nitrogens with one attached hydrogen (secondary N) is 1. The summed E-state index contributed by atoms with van der Waals surface area (Å²) in [6.07, 6.45) is 0.658. The zero-order valence-corrected chi connectivity index (χ0v) is 10.3. The molecule has 2 heterocycles. The Balaban J connectivity index is 1.90. The lowest BCUT2D eigenvalue weighted by atomic mass is 10.3. The van der Waals surface area contributed by atoms with E-state index in [9.17, 15) is 0 Å². The summed E-state index contributed by atoms with van der Waals surface area (Å²) in [6.45, 7) is 2.41. The fourth-order valence-electron chi connectivity index (χ4n) is 1.46. The van der Waals surface area contributed by atoms with Crippen molar-refractivity contribution in [3.8, 4) is 5.88 Å². The second-order valence-corrected chi connectivity index (χ2v) is 3.70. The van der Waals surface area contributed by atoms with E-state index in [1.165, 1.54) is 7.11 Å². The van der Waals surface area contributed by atoms with Gasteiger partial charge in [0, 0.05) is 19.9 Å². The van der Waals surface area contributed by atoms with Crippen molar-refractivity contribution in [3.63, 3.8) is 0 Å². The molecule has 3 N–H and O–H groups in total. The number of nitrogens with two attached hydrogens (primary N) is 1. The van der Waals surface area contributed by atoms with Crippen LogP contribution in [0.5, 0.6) is 5.88 Å². The summed E-state index contributed by atoms with van der Waals surface area (Å²) in [6, 6.07) is 3.53. The fraction of sp³-hybridized carbons (Fsp3) is 0.364. The number of aryl methyl sites for hydroxylation is 1. The average molecular weight is 249 g/mol. The van der Waals surface area contributed by atoms with E-state index >= 15 is 0 Å². The number of hydrogen-bond acceptors (Lipinski definition) is 7. The highest BCUT2D eigenvalue weighted by molar-refractivity contribution is 5.53. The van der Waals surface area contributed by atoms with Crippen LogP contribution in [0.25, 0.3) is 0 Å². The summed E-state index contributed by atoms with van der Waals surface area (Å²) in [5, 5.41) is 6.94. The number of hydrogen-bond donors (Lipinski definition) is 2. The molecule has 7 nitrogen and oxygen atoms in total. The van der Waals surface area contributed by atoms with Crippen LogP contribution in [0.1, 0.15) is 11.7 Å². The van der Waals surface area contributed by atoms with Gasteiger partial charge >= 0.3 is 0 Å². The van der Waals surface area contributed by atoms with Gasteiger partial charge in [-0.15, -0.1) is 0 Å². The molecule has 0 radical (unpaired) electrons. The van der Waals surface area contributed by atoms with Gasteiger partial charge in [-0.05, 0) is 12.1 Å². The van der Waals surface area contributed by atoms with Crippen molar-refractivity contribution in [2.75, 3.05) is 24.7 Å². The van der Waals surface area contributed by atoms with Crippen LogP contribution in [-0.4, -0.2) is 28.8 Å². The third kappa shape index (κ3) is 2.88. The van der Waals surface area contributed by atoms with Gasteiger partial charge < -0.3 is 20.3 Å². The summed E-state index contributed by atoms with van der Waals surface area (Å²) in [7, 11) is 1.53. The Bertz CT molecular complexity index is 526. The normalized spacial score (nSPS) is 10.3. The molecule has 0 saturated carbocycles. The van der Waals surface area contributed by atoms with Crippen molar-refractivity contribution >= 4 is 11.5 Å². The number of ether oxygens (including phenoxy) is 1. The SMILES string of the molecule is COc1nc(NCCc2noc(C)n2)ccc1N. The maximum absolute atomic E-state index is 5.67. The molecule has 0 saturated heterocycles. The number of aromatic nitrogens is 3. The first-order chi connectivity index (χ1) is 8.69. The molecule has 0 unspecified atom stereocenters. The minimum absolute atomic E-state index is 0.412. The molecule has 0 aliphatic carbocycles. The molecule has 2 aromatic heterocycles. The standard InChI is InChI=1S/C11H15N5O2/c1-7-14-10(16-18-7)5-6-13-9-4-3-8(12)11(15-9)17-2/h3-4H,5-6,12H2,1-2H3,(H,13,15). The Labute approximate surface area is 104 Å². The molecule has 2 aromatic rings. The van der Waals surface area contributed by atoms with E-state index in [0.717, 1.165) is 0 Å². The maximum Gasteiger partial charge on any atom is 0.238 e. The van der Waals surface area contributed by atoms with Gasteiger partial charge in [-0.2, -0.15) is 9.97 Å². The van der Waals surface area contributed by atoms with Crippen molar-refractivity contribution in [1.29, 1.82) is 0 Å². The van der Waals surface area contributed by atoms with Crippen LogP contribution in [0, 0.1) is 6.92 Å². The molecule has 0 aliphatic heterocycles. The van der Waals surface area contributed by atoms with E-state index in [1.54, 1.807) is 19.1 Å². The van der Waals surface area contributed by atoms with E-state index in [-0.39, 0.29) is 0 Å². The molecule has 0 spiro atoms. The maximum atomic E-state index is 5.67. The van der Waals surface area contributed by atoms with Gasteiger partial charge in [0.2, 0.25) is 11.8 Å². The molecule has 0 fully saturated rings. The smallest absolute Gasteiger partial charge is 0.238 e. The molecule has 0 atom stereocenters. The van der Waals surface area contributed by atoms with Crippen LogP contribution in [0.3, 0.4) is 0 Å². The molecule has 7 heteroatoms. The van der Waals surface area contributed by atoms with Crippen molar-refractivity contribution < 1.29 is 9.26 Å². The van der Waals surface area contributed by atoms with Crippen LogP contribution < -0.4 is 15.8 Å². The first-order valence-corrected chi connectivity index (χ1v) is 5.52. The van der Waals surface area contributed by atoms with Gasteiger partial charge in [-0.1, -0.05) is 5.16 Å². The molecule has 0 amide bonds. The predicted molar refractivity (Wildman–Crippen MR) is 66.4 cm³/mol. The monoisotopic (exact) mass is 249 g/mol. The molecule has 96 valence electrons. The number of nitrogens with zero attached hydrogens (tertiary/aromatic N) is 3. The van der Waals surface area contributed by atoms with E-state index in [1.807, 2.05) is 0 Å². The second kappa shape index (κ2) is 5.35. The minimum atomic E-state index is 0.412. The van der Waals surface area contributed by atoms with Crippen LogP contribution >= 0.6 is 0 Å².